The van der Waals surface area contributed by atoms with Crippen molar-refractivity contribution in [1.82, 2.24) is 14.8 Å². The lowest BCUT2D eigenvalue weighted by atomic mass is 10.1. The molecule has 10 heteroatoms. The van der Waals surface area contributed by atoms with Gasteiger partial charge in [0.2, 0.25) is 0 Å². The first kappa shape index (κ1) is 18.9. The Bertz CT molecular complexity index is 988. The van der Waals surface area contributed by atoms with Crippen LogP contribution in [-0.2, 0) is 16.4 Å². The molecule has 1 saturated heterocycles. The van der Waals surface area contributed by atoms with Crippen molar-refractivity contribution in [3.8, 4) is 0 Å². The van der Waals surface area contributed by atoms with E-state index >= 15 is 0 Å². The molecule has 0 amide bonds. The van der Waals surface area contributed by atoms with E-state index in [9.17, 15) is 8.42 Å². The zero-order valence-corrected chi connectivity index (χ0v) is 17.5. The number of hydrogen-bond acceptors (Lipinski definition) is 6. The molecule has 7 nitrogen and oxygen atoms in total. The number of H-pyrrole nitrogens is 1. The highest BCUT2D eigenvalue weighted by Gasteiger charge is 2.46. The zero-order valence-electron chi connectivity index (χ0n) is 15.1. The molecule has 0 spiro atoms. The number of halogens is 1. The molecule has 1 fully saturated rings. The zero-order chi connectivity index (χ0) is 19.2. The number of aliphatic imine (C=N–C) groups is 1. The highest BCUT2D eigenvalue weighted by atomic mass is 35.5. The lowest BCUT2D eigenvalue weighted by Crippen LogP contribution is -2.44. The normalized spacial score (nSPS) is 22.5. The van der Waals surface area contributed by atoms with Crippen molar-refractivity contribution in [2.75, 3.05) is 37.7 Å². The largest absolute Gasteiger partial charge is 0.361 e. The number of sulfonamides is 1. The Morgan fingerprint density at radius 2 is 2.26 bits per heavy atom. The number of rotatable bonds is 6. The van der Waals surface area contributed by atoms with E-state index in [1.165, 1.54) is 5.56 Å². The number of alkyl halides is 1. The molecule has 0 saturated carbocycles. The van der Waals surface area contributed by atoms with Gasteiger partial charge < -0.3 is 14.8 Å². The first-order chi connectivity index (χ1) is 12.8. The average molecular weight is 428 g/mol. The third-order valence-electron chi connectivity index (χ3n) is 4.76. The Kier molecular flexibility index (Phi) is 5.04. The minimum absolute atomic E-state index is 0.521. The summed E-state index contributed by atoms with van der Waals surface area (Å²) in [5.74, 6) is 0.832. The number of benzene rings is 1. The molecule has 2 aliphatic rings. The third-order valence-corrected chi connectivity index (χ3v) is 7.90. The summed E-state index contributed by atoms with van der Waals surface area (Å²) in [6.07, 6.45) is 2.92. The van der Waals surface area contributed by atoms with Crippen LogP contribution in [0.1, 0.15) is 5.56 Å². The number of amidine groups is 1. The maximum atomic E-state index is 12.9. The van der Waals surface area contributed by atoms with E-state index in [1.54, 1.807) is 22.7 Å². The molecule has 2 aromatic rings. The molecule has 0 aliphatic carbocycles. The van der Waals surface area contributed by atoms with Gasteiger partial charge in [-0.15, -0.1) is 0 Å². The second-order valence-electron chi connectivity index (χ2n) is 6.99. The number of anilines is 1. The number of nitrogens with one attached hydrogen (secondary N) is 2. The molecule has 2 unspecified atom stereocenters. The Labute approximate surface area is 168 Å². The van der Waals surface area contributed by atoms with Gasteiger partial charge >= 0.3 is 0 Å². The lowest BCUT2D eigenvalue weighted by Gasteiger charge is -2.24. The molecule has 146 valence electrons. The minimum atomic E-state index is -3.70. The van der Waals surface area contributed by atoms with Crippen LogP contribution in [0.2, 0.25) is 0 Å². The molecule has 27 heavy (non-hydrogen) atoms. The molecule has 0 radical (unpaired) electrons. The van der Waals surface area contributed by atoms with Gasteiger partial charge in [-0.25, -0.2) is 13.4 Å². The monoisotopic (exact) mass is 427 g/mol. The number of fused-ring (bicyclic) bond motifs is 2. The van der Waals surface area contributed by atoms with Crippen LogP contribution in [0.5, 0.6) is 0 Å². The Morgan fingerprint density at radius 1 is 1.44 bits per heavy atom. The van der Waals surface area contributed by atoms with Gasteiger partial charge in [0.05, 0.1) is 5.69 Å². The Hall–Kier alpha value is -1.42. The van der Waals surface area contributed by atoms with Gasteiger partial charge in [-0.3, -0.25) is 4.72 Å². The fraction of sp³-hybridized carbons (Fsp3) is 0.471. The molecule has 0 bridgehead atoms. The van der Waals surface area contributed by atoms with Crippen molar-refractivity contribution >= 4 is 55.1 Å². The Balaban J connectivity index is 1.54. The van der Waals surface area contributed by atoms with Gasteiger partial charge in [-0.05, 0) is 38.2 Å². The highest BCUT2D eigenvalue weighted by molar-refractivity contribution is 8.14. The quantitative estimate of drug-likeness (QED) is 0.546. The number of thioether (sulfide) groups is 1. The van der Waals surface area contributed by atoms with Crippen molar-refractivity contribution in [3.05, 3.63) is 30.0 Å². The van der Waals surface area contributed by atoms with Crippen molar-refractivity contribution in [1.29, 1.82) is 0 Å². The van der Waals surface area contributed by atoms with Crippen LogP contribution in [0.25, 0.3) is 10.9 Å². The fourth-order valence-electron chi connectivity index (χ4n) is 3.42. The summed E-state index contributed by atoms with van der Waals surface area (Å²) in [5.41, 5.74) is 1.85. The lowest BCUT2D eigenvalue weighted by molar-refractivity contribution is 0.414. The van der Waals surface area contributed by atoms with E-state index in [2.05, 4.69) is 19.6 Å². The van der Waals surface area contributed by atoms with Crippen LogP contribution < -0.4 is 4.72 Å². The summed E-state index contributed by atoms with van der Waals surface area (Å²) in [6.45, 7) is 1.60. The summed E-state index contributed by atoms with van der Waals surface area (Å²) in [7, 11) is 0.385. The van der Waals surface area contributed by atoms with Crippen LogP contribution in [0, 0.1) is 0 Å². The molecule has 4 rings (SSSR count). The molecule has 1 aromatic heterocycles. The van der Waals surface area contributed by atoms with Crippen LogP contribution in [0.4, 0.5) is 5.69 Å². The van der Waals surface area contributed by atoms with Crippen LogP contribution in [0.15, 0.2) is 29.4 Å². The first-order valence-corrected chi connectivity index (χ1v) is 11.7. The second-order valence-corrected chi connectivity index (χ2v) is 10.3. The highest BCUT2D eigenvalue weighted by Crippen LogP contribution is 2.34. The van der Waals surface area contributed by atoms with Crippen molar-refractivity contribution < 1.29 is 8.42 Å². The summed E-state index contributed by atoms with van der Waals surface area (Å²) in [5, 5.41) is 0.951. The van der Waals surface area contributed by atoms with Gasteiger partial charge in [-0.2, -0.15) is 0 Å². The number of aromatic amines is 1. The number of nitrogens with zero attached hydrogens (tertiary/aromatic N) is 3. The average Bonchev–Trinajstić information content (AvgIpc) is 3.25. The van der Waals surface area contributed by atoms with Gasteiger partial charge in [0.1, 0.15) is 0 Å². The predicted octanol–water partition coefficient (Wildman–Crippen LogP) is 2.32. The van der Waals surface area contributed by atoms with E-state index in [-0.39, 0.29) is 0 Å². The van der Waals surface area contributed by atoms with Gasteiger partial charge in [0.25, 0.3) is 10.0 Å². The molecule has 2 atom stereocenters. The van der Waals surface area contributed by atoms with Crippen LogP contribution in [0.3, 0.4) is 0 Å². The molecular weight excluding hydrogens is 406 g/mol. The topological polar surface area (TPSA) is 80.8 Å². The third kappa shape index (κ3) is 3.65. The predicted molar refractivity (Wildman–Crippen MR) is 113 cm³/mol. The van der Waals surface area contributed by atoms with Crippen molar-refractivity contribution in [2.45, 2.75) is 17.3 Å². The van der Waals surface area contributed by atoms with E-state index in [4.69, 9.17) is 11.6 Å². The number of hydrogen-bond donors (Lipinski definition) is 2. The van der Waals surface area contributed by atoms with E-state index in [0.717, 1.165) is 34.8 Å². The maximum absolute atomic E-state index is 12.9. The van der Waals surface area contributed by atoms with E-state index in [0.29, 0.717) is 12.2 Å². The first-order valence-electron chi connectivity index (χ1n) is 8.73. The summed E-state index contributed by atoms with van der Waals surface area (Å²) >= 11 is 7.76. The summed E-state index contributed by atoms with van der Waals surface area (Å²) in [4.78, 5) is 11.4. The van der Waals surface area contributed by atoms with Gasteiger partial charge in [0.15, 0.2) is 16.0 Å². The fourth-order valence-corrected chi connectivity index (χ4v) is 6.68. The molecular formula is C17H22ClN5O2S2. The Morgan fingerprint density at radius 3 is 3.04 bits per heavy atom. The smallest absolute Gasteiger partial charge is 0.257 e. The van der Waals surface area contributed by atoms with E-state index in [1.807, 2.05) is 32.4 Å². The number of likely N-dealkylation sites (N-methyl/N-ethyl adjacent to an activating group) is 1. The summed E-state index contributed by atoms with van der Waals surface area (Å²) < 4.78 is 28.6. The number of aromatic nitrogens is 1. The maximum Gasteiger partial charge on any atom is 0.257 e. The standard InChI is InChI=1S/C17H22ClN5O2S2/c1-22(2)6-5-11-10-19-14-9-12(3-4-13(11)14)21-27(24,25)16-15(18)20-17-23(16)7-8-26-17/h3-4,9-10,15-16,19,21H,5-8H2,1-2H3. The van der Waals surface area contributed by atoms with Crippen molar-refractivity contribution in [2.24, 2.45) is 4.99 Å². The van der Waals surface area contributed by atoms with Gasteiger partial charge in [-0.1, -0.05) is 29.4 Å². The minimum Gasteiger partial charge on any atom is -0.361 e. The molecule has 2 N–H and O–H groups in total. The van der Waals surface area contributed by atoms with Crippen LogP contribution >= 0.6 is 23.4 Å². The SMILES string of the molecule is CN(C)CCc1c[nH]c2cc(NS(=O)(=O)C3C(Cl)N=C4SCCN43)ccc12. The van der Waals surface area contributed by atoms with Crippen molar-refractivity contribution in [3.63, 3.8) is 0 Å². The molecule has 2 aliphatic heterocycles. The second kappa shape index (κ2) is 7.20. The molecule has 1 aromatic carbocycles. The van der Waals surface area contributed by atoms with Crippen LogP contribution in [-0.4, -0.2) is 72.2 Å². The molecule has 3 heterocycles. The van der Waals surface area contributed by atoms with Gasteiger partial charge in [0, 0.05) is 35.9 Å². The summed E-state index contributed by atoms with van der Waals surface area (Å²) in [6, 6.07) is 5.57. The van der Waals surface area contributed by atoms with E-state index < -0.39 is 20.9 Å².